The Morgan fingerprint density at radius 3 is 2.59 bits per heavy atom. The van der Waals surface area contributed by atoms with E-state index in [4.69, 9.17) is 4.74 Å². The molecule has 0 aromatic rings. The van der Waals surface area contributed by atoms with Crippen molar-refractivity contribution in [2.75, 3.05) is 32.8 Å². The second kappa shape index (κ2) is 5.24. The molecule has 0 aromatic heterocycles. The normalized spacial score (nSPS) is 27.9. The minimum absolute atomic E-state index is 0.357. The first-order chi connectivity index (χ1) is 8.16. The number of nitrogens with zero attached hydrogens (tertiary/aromatic N) is 3. The van der Waals surface area contributed by atoms with Gasteiger partial charge in [-0.05, 0) is 12.8 Å². The standard InChI is InChI=1S/C9H15N3O4S/c13-8-10-9-2-1-3-12(9)17(14,15)11-4-6-16-7-5-11/h9H,1-7H2. The van der Waals surface area contributed by atoms with Crippen molar-refractivity contribution in [3.05, 3.63) is 0 Å². The highest BCUT2D eigenvalue weighted by Crippen LogP contribution is 2.24. The van der Waals surface area contributed by atoms with E-state index >= 15 is 0 Å². The number of ether oxygens (including phenoxy) is 1. The van der Waals surface area contributed by atoms with Crippen molar-refractivity contribution in [2.45, 2.75) is 19.0 Å². The van der Waals surface area contributed by atoms with Gasteiger partial charge in [0.15, 0.2) is 0 Å². The van der Waals surface area contributed by atoms with Crippen LogP contribution in [0.1, 0.15) is 12.8 Å². The molecule has 0 radical (unpaired) electrons. The topological polar surface area (TPSA) is 79.3 Å². The van der Waals surface area contributed by atoms with E-state index in [0.29, 0.717) is 39.3 Å². The zero-order valence-corrected chi connectivity index (χ0v) is 10.2. The molecule has 2 fully saturated rings. The lowest BCUT2D eigenvalue weighted by Crippen LogP contribution is -2.49. The van der Waals surface area contributed by atoms with Crippen LogP contribution in [0.5, 0.6) is 0 Å². The number of morpholine rings is 1. The maximum Gasteiger partial charge on any atom is 0.284 e. The SMILES string of the molecule is O=C=NC1CCCN1S(=O)(=O)N1CCOCC1. The molecular weight excluding hydrogens is 246 g/mol. The Hall–Kier alpha value is -0.790. The predicted octanol–water partition coefficient (Wildman–Crippen LogP) is -0.679. The molecule has 0 N–H and O–H groups in total. The van der Waals surface area contributed by atoms with E-state index < -0.39 is 16.4 Å². The highest BCUT2D eigenvalue weighted by molar-refractivity contribution is 7.86. The molecule has 8 heteroatoms. The van der Waals surface area contributed by atoms with Crippen LogP contribution in [0.2, 0.25) is 0 Å². The van der Waals surface area contributed by atoms with Gasteiger partial charge < -0.3 is 4.74 Å². The van der Waals surface area contributed by atoms with Crippen molar-refractivity contribution in [1.82, 2.24) is 8.61 Å². The average molecular weight is 261 g/mol. The molecule has 0 aliphatic carbocycles. The molecule has 2 aliphatic rings. The van der Waals surface area contributed by atoms with E-state index in [1.54, 1.807) is 0 Å². The molecule has 2 heterocycles. The third-order valence-corrected chi connectivity index (χ3v) is 5.00. The smallest absolute Gasteiger partial charge is 0.284 e. The van der Waals surface area contributed by atoms with Crippen LogP contribution >= 0.6 is 0 Å². The van der Waals surface area contributed by atoms with Crippen LogP contribution in [-0.4, -0.2) is 62.1 Å². The van der Waals surface area contributed by atoms with Gasteiger partial charge in [-0.25, -0.2) is 4.79 Å². The second-order valence-corrected chi connectivity index (χ2v) is 5.85. The Morgan fingerprint density at radius 1 is 1.24 bits per heavy atom. The molecule has 2 saturated heterocycles. The lowest BCUT2D eigenvalue weighted by molar-refractivity contribution is 0.0699. The molecule has 1 atom stereocenters. The molecular formula is C9H15N3O4S. The summed E-state index contributed by atoms with van der Waals surface area (Å²) >= 11 is 0. The summed E-state index contributed by atoms with van der Waals surface area (Å²) < 4.78 is 32.3. The number of hydrogen-bond donors (Lipinski definition) is 0. The molecule has 96 valence electrons. The van der Waals surface area contributed by atoms with E-state index in [1.165, 1.54) is 14.7 Å². The van der Waals surface area contributed by atoms with Gasteiger partial charge in [-0.1, -0.05) is 0 Å². The van der Waals surface area contributed by atoms with Crippen molar-refractivity contribution >= 4 is 16.3 Å². The van der Waals surface area contributed by atoms with Gasteiger partial charge >= 0.3 is 0 Å². The van der Waals surface area contributed by atoms with Crippen LogP contribution in [0.3, 0.4) is 0 Å². The summed E-state index contributed by atoms with van der Waals surface area (Å²) in [7, 11) is -3.52. The quantitative estimate of drug-likeness (QED) is 0.498. The van der Waals surface area contributed by atoms with Crippen LogP contribution < -0.4 is 0 Å². The average Bonchev–Trinajstić information content (AvgIpc) is 2.80. The highest BCUT2D eigenvalue weighted by atomic mass is 32.2. The summed E-state index contributed by atoms with van der Waals surface area (Å²) in [6, 6.07) is 0. The highest BCUT2D eigenvalue weighted by Gasteiger charge is 2.38. The van der Waals surface area contributed by atoms with E-state index in [2.05, 4.69) is 4.99 Å². The van der Waals surface area contributed by atoms with Crippen molar-refractivity contribution in [1.29, 1.82) is 0 Å². The van der Waals surface area contributed by atoms with Crippen LogP contribution in [0, 0.1) is 0 Å². The monoisotopic (exact) mass is 261 g/mol. The number of rotatable bonds is 3. The lowest BCUT2D eigenvalue weighted by Gasteiger charge is -2.31. The van der Waals surface area contributed by atoms with E-state index in [9.17, 15) is 13.2 Å². The number of isocyanates is 1. The molecule has 7 nitrogen and oxygen atoms in total. The third kappa shape index (κ3) is 2.56. The predicted molar refractivity (Wildman–Crippen MR) is 59.2 cm³/mol. The molecule has 0 aromatic carbocycles. The number of hydrogen-bond acceptors (Lipinski definition) is 5. The van der Waals surface area contributed by atoms with Gasteiger partial charge in [0, 0.05) is 19.6 Å². The molecule has 0 amide bonds. The van der Waals surface area contributed by atoms with Gasteiger partial charge in [-0.15, -0.1) is 0 Å². The summed E-state index contributed by atoms with van der Waals surface area (Å²) in [5.74, 6) is 0. The Bertz CT molecular complexity index is 412. The summed E-state index contributed by atoms with van der Waals surface area (Å²) in [5, 5.41) is 0. The van der Waals surface area contributed by atoms with Gasteiger partial charge in [0.2, 0.25) is 6.08 Å². The largest absolute Gasteiger partial charge is 0.379 e. The van der Waals surface area contributed by atoms with Crippen molar-refractivity contribution < 1.29 is 17.9 Å². The Kier molecular flexibility index (Phi) is 3.90. The maximum atomic E-state index is 12.3. The van der Waals surface area contributed by atoms with Crippen LogP contribution in [0.15, 0.2) is 4.99 Å². The van der Waals surface area contributed by atoms with Crippen molar-refractivity contribution in [3.8, 4) is 0 Å². The Labute approximate surface area is 100 Å². The first-order valence-electron chi connectivity index (χ1n) is 5.58. The fraction of sp³-hybridized carbons (Fsp3) is 0.889. The minimum Gasteiger partial charge on any atom is -0.379 e. The molecule has 2 aliphatic heterocycles. The first-order valence-corrected chi connectivity index (χ1v) is 6.97. The van der Waals surface area contributed by atoms with E-state index in [1.807, 2.05) is 0 Å². The second-order valence-electron chi connectivity index (χ2n) is 3.97. The van der Waals surface area contributed by atoms with Gasteiger partial charge in [0.05, 0.1) is 13.2 Å². The molecule has 0 saturated carbocycles. The summed E-state index contributed by atoms with van der Waals surface area (Å²) in [6.07, 6.45) is 2.16. The first kappa shape index (κ1) is 12.7. The maximum absolute atomic E-state index is 12.3. The van der Waals surface area contributed by atoms with Crippen LogP contribution in [0.4, 0.5) is 0 Å². The van der Waals surface area contributed by atoms with Crippen LogP contribution in [-0.2, 0) is 19.7 Å². The van der Waals surface area contributed by atoms with Gasteiger partial charge in [-0.2, -0.15) is 22.0 Å². The lowest BCUT2D eigenvalue weighted by atomic mass is 10.3. The fourth-order valence-electron chi connectivity index (χ4n) is 2.11. The zero-order valence-electron chi connectivity index (χ0n) is 9.41. The van der Waals surface area contributed by atoms with Crippen molar-refractivity contribution in [2.24, 2.45) is 4.99 Å². The summed E-state index contributed by atoms with van der Waals surface area (Å²) in [5.41, 5.74) is 0. The summed E-state index contributed by atoms with van der Waals surface area (Å²) in [4.78, 5) is 13.8. The van der Waals surface area contributed by atoms with E-state index in [0.717, 1.165) is 6.42 Å². The zero-order chi connectivity index (χ0) is 12.3. The molecule has 1 unspecified atom stereocenters. The van der Waals surface area contributed by atoms with Gasteiger partial charge in [-0.3, -0.25) is 0 Å². The molecule has 0 bridgehead atoms. The van der Waals surface area contributed by atoms with E-state index in [-0.39, 0.29) is 0 Å². The molecule has 0 spiro atoms. The number of carbonyl (C=O) groups excluding carboxylic acids is 1. The third-order valence-electron chi connectivity index (χ3n) is 2.97. The Morgan fingerprint density at radius 2 is 1.94 bits per heavy atom. The van der Waals surface area contributed by atoms with Crippen molar-refractivity contribution in [3.63, 3.8) is 0 Å². The fourth-order valence-corrected chi connectivity index (χ4v) is 3.83. The minimum atomic E-state index is -3.52. The van der Waals surface area contributed by atoms with Gasteiger partial charge in [0.1, 0.15) is 6.17 Å². The summed E-state index contributed by atoms with van der Waals surface area (Å²) in [6.45, 7) is 1.95. The Balaban J connectivity index is 2.16. The van der Waals surface area contributed by atoms with Crippen LogP contribution in [0.25, 0.3) is 0 Å². The molecule has 2 rings (SSSR count). The number of aliphatic imine (C=N–C) groups is 1. The van der Waals surface area contributed by atoms with Gasteiger partial charge in [0.25, 0.3) is 10.2 Å². The molecule has 17 heavy (non-hydrogen) atoms.